The Morgan fingerprint density at radius 1 is 1.29 bits per heavy atom. The fourth-order valence-corrected chi connectivity index (χ4v) is 3.58. The van der Waals surface area contributed by atoms with Gasteiger partial charge in [0.15, 0.2) is 11.6 Å². The molecule has 0 amide bonds. The van der Waals surface area contributed by atoms with Crippen LogP contribution in [0.1, 0.15) is 10.7 Å². The van der Waals surface area contributed by atoms with Crippen LogP contribution in [0.5, 0.6) is 0 Å². The number of thioether (sulfide) groups is 1. The van der Waals surface area contributed by atoms with Crippen LogP contribution in [0.2, 0.25) is 0 Å². The van der Waals surface area contributed by atoms with Gasteiger partial charge in [-0.25, -0.2) is 13.8 Å². The summed E-state index contributed by atoms with van der Waals surface area (Å²) in [6, 6.07) is 5.15. The van der Waals surface area contributed by atoms with Gasteiger partial charge in [-0.2, -0.15) is 9.61 Å². The molecule has 0 atom stereocenters. The molecule has 0 N–H and O–H groups in total. The molecule has 8 heteroatoms. The van der Waals surface area contributed by atoms with Crippen LogP contribution in [0.15, 0.2) is 34.0 Å². The van der Waals surface area contributed by atoms with Crippen molar-refractivity contribution in [3.8, 4) is 0 Å². The molecule has 0 saturated heterocycles. The SMILES string of the molecule is Cc1cc(=O)n2nc(CSc3ccc(F)c(F)c3)sc2n1. The first-order valence-corrected chi connectivity index (χ1v) is 7.77. The van der Waals surface area contributed by atoms with Gasteiger partial charge in [0, 0.05) is 16.7 Å². The van der Waals surface area contributed by atoms with Crippen molar-refractivity contribution in [1.29, 1.82) is 0 Å². The van der Waals surface area contributed by atoms with Crippen molar-refractivity contribution >= 4 is 28.1 Å². The summed E-state index contributed by atoms with van der Waals surface area (Å²) in [5, 5.41) is 4.87. The van der Waals surface area contributed by atoms with Crippen LogP contribution in [-0.2, 0) is 5.75 Å². The monoisotopic (exact) mass is 325 g/mol. The third kappa shape index (κ3) is 2.96. The molecule has 0 aliphatic heterocycles. The highest BCUT2D eigenvalue weighted by Gasteiger charge is 2.09. The van der Waals surface area contributed by atoms with E-state index in [1.54, 1.807) is 6.92 Å². The molecule has 0 unspecified atom stereocenters. The van der Waals surface area contributed by atoms with E-state index in [1.165, 1.54) is 39.7 Å². The highest BCUT2D eigenvalue weighted by atomic mass is 32.2. The number of aryl methyl sites for hydroxylation is 1. The van der Waals surface area contributed by atoms with Gasteiger partial charge in [0.25, 0.3) is 5.56 Å². The van der Waals surface area contributed by atoms with Crippen molar-refractivity contribution in [2.75, 3.05) is 0 Å². The zero-order valence-electron chi connectivity index (χ0n) is 10.8. The van der Waals surface area contributed by atoms with Crippen LogP contribution in [0.25, 0.3) is 4.96 Å². The molecule has 0 radical (unpaired) electrons. The van der Waals surface area contributed by atoms with Crippen molar-refractivity contribution < 1.29 is 8.78 Å². The first-order chi connectivity index (χ1) is 10.0. The fourth-order valence-electron chi connectivity index (χ4n) is 1.73. The lowest BCUT2D eigenvalue weighted by atomic mass is 10.3. The van der Waals surface area contributed by atoms with Gasteiger partial charge in [0.1, 0.15) is 5.01 Å². The smallest absolute Gasteiger partial charge is 0.267 e. The Labute approximate surface area is 126 Å². The molecule has 4 nitrogen and oxygen atoms in total. The van der Waals surface area contributed by atoms with Crippen molar-refractivity contribution in [2.45, 2.75) is 17.6 Å². The predicted octanol–water partition coefficient (Wildman–Crippen LogP) is 3.03. The Kier molecular flexibility index (Phi) is 3.73. The lowest BCUT2D eigenvalue weighted by Crippen LogP contribution is -2.14. The maximum absolute atomic E-state index is 13.1. The fraction of sp³-hybridized carbons (Fsp3) is 0.154. The largest absolute Gasteiger partial charge is 0.275 e. The molecule has 3 rings (SSSR count). The molecule has 21 heavy (non-hydrogen) atoms. The standard InChI is InChI=1S/C13H9F2N3OS2/c1-7-4-12(19)18-13(16-7)21-11(17-18)6-20-8-2-3-9(14)10(15)5-8/h2-5H,6H2,1H3. The number of halogens is 2. The second kappa shape index (κ2) is 5.53. The third-order valence-corrected chi connectivity index (χ3v) is 4.76. The van der Waals surface area contributed by atoms with Crippen molar-refractivity contribution in [2.24, 2.45) is 0 Å². The summed E-state index contributed by atoms with van der Waals surface area (Å²) < 4.78 is 27.2. The molecule has 0 aliphatic carbocycles. The lowest BCUT2D eigenvalue weighted by molar-refractivity contribution is 0.506. The average Bonchev–Trinajstić information content (AvgIpc) is 2.83. The van der Waals surface area contributed by atoms with E-state index in [2.05, 4.69) is 10.1 Å². The van der Waals surface area contributed by atoms with Gasteiger partial charge in [-0.15, -0.1) is 11.8 Å². The summed E-state index contributed by atoms with van der Waals surface area (Å²) in [5.74, 6) is -1.29. The predicted molar refractivity (Wildman–Crippen MR) is 77.8 cm³/mol. The number of hydrogen-bond donors (Lipinski definition) is 0. The molecule has 1 aromatic carbocycles. The van der Waals surface area contributed by atoms with Gasteiger partial charge in [-0.05, 0) is 25.1 Å². The number of benzene rings is 1. The minimum atomic E-state index is -0.877. The quantitative estimate of drug-likeness (QED) is 0.695. The highest BCUT2D eigenvalue weighted by Crippen LogP contribution is 2.26. The van der Waals surface area contributed by atoms with Gasteiger partial charge < -0.3 is 0 Å². The molecule has 3 aromatic rings. The van der Waals surface area contributed by atoms with E-state index in [0.717, 1.165) is 12.1 Å². The van der Waals surface area contributed by atoms with E-state index in [4.69, 9.17) is 0 Å². The summed E-state index contributed by atoms with van der Waals surface area (Å²) in [5.41, 5.74) is 0.418. The molecule has 0 spiro atoms. The Bertz CT molecular complexity index is 875. The van der Waals surface area contributed by atoms with Gasteiger partial charge in [-0.1, -0.05) is 11.3 Å². The molecule has 108 valence electrons. The van der Waals surface area contributed by atoms with Crippen LogP contribution < -0.4 is 5.56 Å². The topological polar surface area (TPSA) is 47.3 Å². The number of aromatic nitrogens is 3. The molecule has 2 aromatic heterocycles. The lowest BCUT2D eigenvalue weighted by Gasteiger charge is -1.99. The van der Waals surface area contributed by atoms with Crippen molar-refractivity contribution in [1.82, 2.24) is 14.6 Å². The minimum absolute atomic E-state index is 0.224. The number of nitrogens with zero attached hydrogens (tertiary/aromatic N) is 3. The molecular weight excluding hydrogens is 316 g/mol. The van der Waals surface area contributed by atoms with Crippen molar-refractivity contribution in [3.05, 3.63) is 57.0 Å². The summed E-state index contributed by atoms with van der Waals surface area (Å²) in [7, 11) is 0. The van der Waals surface area contributed by atoms with E-state index in [0.29, 0.717) is 26.3 Å². The maximum atomic E-state index is 13.1. The third-order valence-electron chi connectivity index (χ3n) is 2.67. The first-order valence-electron chi connectivity index (χ1n) is 5.97. The summed E-state index contributed by atoms with van der Waals surface area (Å²) in [4.78, 5) is 17.1. The van der Waals surface area contributed by atoms with E-state index in [9.17, 15) is 13.6 Å². The average molecular weight is 325 g/mol. The highest BCUT2D eigenvalue weighted by molar-refractivity contribution is 7.98. The Morgan fingerprint density at radius 3 is 2.86 bits per heavy atom. The number of rotatable bonds is 3. The van der Waals surface area contributed by atoms with Crippen LogP contribution in [0.4, 0.5) is 8.78 Å². The first kappa shape index (κ1) is 14.2. The summed E-state index contributed by atoms with van der Waals surface area (Å²) in [6.07, 6.45) is 0. The van der Waals surface area contributed by atoms with Gasteiger partial charge in [0.05, 0.1) is 5.75 Å². The van der Waals surface area contributed by atoms with Gasteiger partial charge in [-0.3, -0.25) is 4.79 Å². The molecule has 2 heterocycles. The molecule has 0 saturated carbocycles. The van der Waals surface area contributed by atoms with E-state index < -0.39 is 11.6 Å². The van der Waals surface area contributed by atoms with Crippen LogP contribution in [0, 0.1) is 18.6 Å². The summed E-state index contributed by atoms with van der Waals surface area (Å²) in [6.45, 7) is 1.75. The van der Waals surface area contributed by atoms with E-state index >= 15 is 0 Å². The number of fused-ring (bicyclic) bond motifs is 1. The second-order valence-corrected chi connectivity index (χ2v) is 6.38. The molecule has 0 aliphatic rings. The Balaban J connectivity index is 1.83. The molecular formula is C13H9F2N3OS2. The summed E-state index contributed by atoms with van der Waals surface area (Å²) >= 11 is 2.62. The minimum Gasteiger partial charge on any atom is -0.267 e. The van der Waals surface area contributed by atoms with E-state index in [-0.39, 0.29) is 5.56 Å². The van der Waals surface area contributed by atoms with Gasteiger partial charge in [0.2, 0.25) is 4.96 Å². The Hall–Kier alpha value is -1.80. The second-order valence-electron chi connectivity index (χ2n) is 4.29. The normalized spacial score (nSPS) is 11.2. The maximum Gasteiger partial charge on any atom is 0.275 e. The zero-order chi connectivity index (χ0) is 15.0. The molecule has 0 fully saturated rings. The van der Waals surface area contributed by atoms with Gasteiger partial charge >= 0.3 is 0 Å². The number of hydrogen-bond acceptors (Lipinski definition) is 5. The van der Waals surface area contributed by atoms with Crippen LogP contribution in [-0.4, -0.2) is 14.6 Å². The zero-order valence-corrected chi connectivity index (χ0v) is 12.5. The van der Waals surface area contributed by atoms with E-state index in [1.807, 2.05) is 0 Å². The van der Waals surface area contributed by atoms with Crippen LogP contribution >= 0.6 is 23.1 Å². The Morgan fingerprint density at radius 2 is 2.10 bits per heavy atom. The van der Waals surface area contributed by atoms with Crippen LogP contribution in [0.3, 0.4) is 0 Å². The van der Waals surface area contributed by atoms with Crippen molar-refractivity contribution in [3.63, 3.8) is 0 Å². The molecule has 0 bridgehead atoms.